The summed E-state index contributed by atoms with van der Waals surface area (Å²) in [6, 6.07) is 4.38. The second kappa shape index (κ2) is 4.66. The number of nitrogens with zero attached hydrogens (tertiary/aromatic N) is 1. The van der Waals surface area contributed by atoms with Crippen LogP contribution in [-0.2, 0) is 6.54 Å². The van der Waals surface area contributed by atoms with Crippen LogP contribution < -0.4 is 5.32 Å². The molecule has 2 nitrogen and oxygen atoms in total. The summed E-state index contributed by atoms with van der Waals surface area (Å²) in [6.45, 7) is 7.26. The monoisotopic (exact) mass is 232 g/mol. The van der Waals surface area contributed by atoms with Gasteiger partial charge >= 0.3 is 0 Å². The first-order valence-electron chi connectivity index (χ1n) is 5.35. The minimum absolute atomic E-state index is 0.797. The van der Waals surface area contributed by atoms with Gasteiger partial charge in [-0.1, -0.05) is 0 Å². The van der Waals surface area contributed by atoms with Crippen molar-refractivity contribution in [2.24, 2.45) is 0 Å². The van der Waals surface area contributed by atoms with E-state index in [9.17, 15) is 0 Å². The molecule has 0 unspecified atom stereocenters. The van der Waals surface area contributed by atoms with Gasteiger partial charge in [-0.25, -0.2) is 4.98 Å². The SMILES string of the molecule is Cc1cc(NCc2cscn2)cc(C)c1C. The highest BCUT2D eigenvalue weighted by atomic mass is 32.1. The van der Waals surface area contributed by atoms with Crippen molar-refractivity contribution in [3.05, 3.63) is 45.4 Å². The quantitative estimate of drug-likeness (QED) is 0.873. The Hall–Kier alpha value is -1.35. The molecule has 0 bridgehead atoms. The zero-order valence-corrected chi connectivity index (χ0v) is 10.7. The molecule has 0 aliphatic carbocycles. The van der Waals surface area contributed by atoms with E-state index in [0.29, 0.717) is 0 Å². The summed E-state index contributed by atoms with van der Waals surface area (Å²) in [5.74, 6) is 0. The lowest BCUT2D eigenvalue weighted by molar-refractivity contribution is 1.07. The maximum absolute atomic E-state index is 4.25. The first kappa shape index (κ1) is 11.1. The molecule has 3 heteroatoms. The maximum atomic E-state index is 4.25. The summed E-state index contributed by atoms with van der Waals surface area (Å²) < 4.78 is 0. The van der Waals surface area contributed by atoms with Crippen LogP contribution in [0.15, 0.2) is 23.0 Å². The lowest BCUT2D eigenvalue weighted by Crippen LogP contribution is -2.01. The average molecular weight is 232 g/mol. The number of rotatable bonds is 3. The van der Waals surface area contributed by atoms with E-state index in [1.165, 1.54) is 22.4 Å². The number of nitrogens with one attached hydrogen (secondary N) is 1. The Balaban J connectivity index is 2.10. The number of hydrogen-bond acceptors (Lipinski definition) is 3. The van der Waals surface area contributed by atoms with Gasteiger partial charge in [-0.15, -0.1) is 11.3 Å². The van der Waals surface area contributed by atoms with E-state index in [0.717, 1.165) is 12.2 Å². The van der Waals surface area contributed by atoms with E-state index >= 15 is 0 Å². The fourth-order valence-corrected chi connectivity index (χ4v) is 2.21. The van der Waals surface area contributed by atoms with Crippen molar-refractivity contribution < 1.29 is 0 Å². The fraction of sp³-hybridized carbons (Fsp3) is 0.308. The standard InChI is InChI=1S/C13H16N2S/c1-9-4-12(5-10(2)11(9)3)14-6-13-7-16-8-15-13/h4-5,7-8,14H,6H2,1-3H3. The van der Waals surface area contributed by atoms with E-state index < -0.39 is 0 Å². The first-order chi connectivity index (χ1) is 7.66. The molecule has 2 rings (SSSR count). The lowest BCUT2D eigenvalue weighted by atomic mass is 10.0. The van der Waals surface area contributed by atoms with Crippen LogP contribution in [0.4, 0.5) is 5.69 Å². The van der Waals surface area contributed by atoms with Crippen molar-refractivity contribution in [3.8, 4) is 0 Å². The van der Waals surface area contributed by atoms with E-state index in [1.54, 1.807) is 11.3 Å². The normalized spacial score (nSPS) is 10.4. The van der Waals surface area contributed by atoms with Crippen LogP contribution in [0, 0.1) is 20.8 Å². The van der Waals surface area contributed by atoms with Crippen molar-refractivity contribution in [2.45, 2.75) is 27.3 Å². The Morgan fingerprint density at radius 2 is 1.88 bits per heavy atom. The number of benzene rings is 1. The number of aromatic nitrogens is 1. The number of hydrogen-bond donors (Lipinski definition) is 1. The summed E-state index contributed by atoms with van der Waals surface area (Å²) in [5.41, 5.74) is 8.18. The van der Waals surface area contributed by atoms with Crippen molar-refractivity contribution in [1.82, 2.24) is 4.98 Å². The molecule has 1 heterocycles. The van der Waals surface area contributed by atoms with Gasteiger partial charge in [-0.05, 0) is 49.6 Å². The minimum atomic E-state index is 0.797. The molecule has 0 aliphatic rings. The van der Waals surface area contributed by atoms with Gasteiger partial charge in [0.05, 0.1) is 17.7 Å². The third kappa shape index (κ3) is 2.42. The van der Waals surface area contributed by atoms with E-state index in [1.807, 2.05) is 5.51 Å². The molecule has 1 aromatic heterocycles. The molecule has 0 atom stereocenters. The smallest absolute Gasteiger partial charge is 0.0795 e. The van der Waals surface area contributed by atoms with Gasteiger partial charge < -0.3 is 5.32 Å². The van der Waals surface area contributed by atoms with Gasteiger partial charge in [0, 0.05) is 11.1 Å². The highest BCUT2D eigenvalue weighted by Gasteiger charge is 2.01. The first-order valence-corrected chi connectivity index (χ1v) is 6.30. The molecule has 2 aromatic rings. The topological polar surface area (TPSA) is 24.9 Å². The Labute approximate surface area is 100 Å². The van der Waals surface area contributed by atoms with Crippen molar-refractivity contribution in [3.63, 3.8) is 0 Å². The van der Waals surface area contributed by atoms with E-state index in [2.05, 4.69) is 48.6 Å². The molecule has 0 radical (unpaired) electrons. The molecule has 0 spiro atoms. The molecule has 0 amide bonds. The molecule has 84 valence electrons. The molecular formula is C13H16N2S. The summed E-state index contributed by atoms with van der Waals surface area (Å²) in [5, 5.41) is 5.47. The van der Waals surface area contributed by atoms with Gasteiger partial charge in [0.2, 0.25) is 0 Å². The molecule has 1 aromatic carbocycles. The molecular weight excluding hydrogens is 216 g/mol. The van der Waals surface area contributed by atoms with Crippen LogP contribution in [0.2, 0.25) is 0 Å². The molecule has 0 saturated carbocycles. The van der Waals surface area contributed by atoms with Crippen molar-refractivity contribution in [2.75, 3.05) is 5.32 Å². The lowest BCUT2D eigenvalue weighted by Gasteiger charge is -2.10. The predicted octanol–water partition coefficient (Wildman–Crippen LogP) is 3.68. The van der Waals surface area contributed by atoms with Crippen LogP contribution >= 0.6 is 11.3 Å². The predicted molar refractivity (Wildman–Crippen MR) is 70.1 cm³/mol. The Morgan fingerprint density at radius 3 is 2.44 bits per heavy atom. The highest BCUT2D eigenvalue weighted by Crippen LogP contribution is 2.19. The Bertz CT molecular complexity index is 452. The fourth-order valence-electron chi connectivity index (χ4n) is 1.66. The van der Waals surface area contributed by atoms with Crippen LogP contribution in [0.1, 0.15) is 22.4 Å². The zero-order valence-electron chi connectivity index (χ0n) is 9.87. The van der Waals surface area contributed by atoms with Gasteiger partial charge in [0.1, 0.15) is 0 Å². The van der Waals surface area contributed by atoms with E-state index in [-0.39, 0.29) is 0 Å². The Kier molecular flexibility index (Phi) is 3.25. The molecule has 0 fully saturated rings. The summed E-state index contributed by atoms with van der Waals surface area (Å²) in [4.78, 5) is 4.25. The number of aryl methyl sites for hydroxylation is 2. The van der Waals surface area contributed by atoms with Crippen molar-refractivity contribution in [1.29, 1.82) is 0 Å². The minimum Gasteiger partial charge on any atom is -0.379 e. The zero-order chi connectivity index (χ0) is 11.5. The molecule has 16 heavy (non-hydrogen) atoms. The van der Waals surface area contributed by atoms with Gasteiger partial charge in [0.15, 0.2) is 0 Å². The molecule has 1 N–H and O–H groups in total. The van der Waals surface area contributed by atoms with Crippen molar-refractivity contribution >= 4 is 17.0 Å². The number of anilines is 1. The summed E-state index contributed by atoms with van der Waals surface area (Å²) >= 11 is 1.63. The maximum Gasteiger partial charge on any atom is 0.0795 e. The van der Waals surface area contributed by atoms with E-state index in [4.69, 9.17) is 0 Å². The number of thiazole rings is 1. The van der Waals surface area contributed by atoms with Crippen LogP contribution in [-0.4, -0.2) is 4.98 Å². The second-order valence-corrected chi connectivity index (χ2v) is 4.79. The highest BCUT2D eigenvalue weighted by molar-refractivity contribution is 7.07. The molecule has 0 aliphatic heterocycles. The Morgan fingerprint density at radius 1 is 1.19 bits per heavy atom. The third-order valence-electron chi connectivity index (χ3n) is 2.88. The van der Waals surface area contributed by atoms with Crippen LogP contribution in [0.25, 0.3) is 0 Å². The van der Waals surface area contributed by atoms with Crippen LogP contribution in [0.3, 0.4) is 0 Å². The van der Waals surface area contributed by atoms with Crippen LogP contribution in [0.5, 0.6) is 0 Å². The van der Waals surface area contributed by atoms with Gasteiger partial charge in [-0.3, -0.25) is 0 Å². The van der Waals surface area contributed by atoms with Gasteiger partial charge in [0.25, 0.3) is 0 Å². The molecule has 0 saturated heterocycles. The second-order valence-electron chi connectivity index (χ2n) is 4.07. The summed E-state index contributed by atoms with van der Waals surface area (Å²) in [6.07, 6.45) is 0. The summed E-state index contributed by atoms with van der Waals surface area (Å²) in [7, 11) is 0. The third-order valence-corrected chi connectivity index (χ3v) is 3.52. The van der Waals surface area contributed by atoms with Gasteiger partial charge in [-0.2, -0.15) is 0 Å². The average Bonchev–Trinajstić information content (AvgIpc) is 2.75. The largest absolute Gasteiger partial charge is 0.379 e.